The van der Waals surface area contributed by atoms with Gasteiger partial charge in [0.2, 0.25) is 0 Å². The van der Waals surface area contributed by atoms with Crippen molar-refractivity contribution < 1.29 is 19.4 Å². The fourth-order valence-electron chi connectivity index (χ4n) is 3.82. The van der Waals surface area contributed by atoms with E-state index in [1.807, 2.05) is 6.92 Å². The monoisotopic (exact) mass is 375 g/mol. The van der Waals surface area contributed by atoms with Crippen LogP contribution in [0.2, 0.25) is 0 Å². The molecule has 1 aromatic heterocycles. The molecule has 3 rings (SSSR count). The summed E-state index contributed by atoms with van der Waals surface area (Å²) in [4.78, 5) is 22.0. The zero-order valence-electron chi connectivity index (χ0n) is 15.7. The number of aryl methyl sites for hydroxylation is 1. The number of aliphatic hydroxyl groups excluding tert-OH is 2. The molecule has 27 heavy (non-hydrogen) atoms. The highest BCUT2D eigenvalue weighted by atomic mass is 19.1. The molecule has 0 aliphatic carbocycles. The molecule has 0 radical (unpaired) electrons. The number of hydrogen-bond acceptors (Lipinski definition) is 4. The van der Waals surface area contributed by atoms with Crippen LogP contribution in [0.1, 0.15) is 42.4 Å². The molecule has 1 fully saturated rings. The number of carbonyl (C=O) groups is 1. The van der Waals surface area contributed by atoms with E-state index in [9.17, 15) is 19.4 Å². The minimum atomic E-state index is -0.768. The molecule has 6 nitrogen and oxygen atoms in total. The molecule has 2 aromatic rings. The van der Waals surface area contributed by atoms with Crippen molar-refractivity contribution in [2.75, 3.05) is 19.7 Å². The van der Waals surface area contributed by atoms with Gasteiger partial charge in [-0.3, -0.25) is 4.79 Å². The van der Waals surface area contributed by atoms with Crippen molar-refractivity contribution in [1.29, 1.82) is 0 Å². The highest BCUT2D eigenvalue weighted by Crippen LogP contribution is 2.36. The van der Waals surface area contributed by atoms with Crippen LogP contribution >= 0.6 is 0 Å². The standard InChI is InChI=1S/C20H26FN3O3/c1-3-8-20(12-25)9-10-24(11-16(20)26)19(27)17-13(2)22-18(23-17)14-4-6-15(21)7-5-14/h4-7,16,25-26H,3,8-12H2,1-2H3,(H,22,23)/t16-,20-/m1/s1. The third-order valence-electron chi connectivity index (χ3n) is 5.53. The fourth-order valence-corrected chi connectivity index (χ4v) is 3.82. The molecule has 146 valence electrons. The Morgan fingerprint density at radius 2 is 2.11 bits per heavy atom. The van der Waals surface area contributed by atoms with E-state index in [2.05, 4.69) is 9.97 Å². The minimum absolute atomic E-state index is 0.0832. The lowest BCUT2D eigenvalue weighted by atomic mass is 9.73. The Hall–Kier alpha value is -2.25. The maximum absolute atomic E-state index is 13.1. The van der Waals surface area contributed by atoms with E-state index in [4.69, 9.17) is 0 Å². The lowest BCUT2D eigenvalue weighted by Gasteiger charge is -2.44. The number of imidazole rings is 1. The van der Waals surface area contributed by atoms with Gasteiger partial charge < -0.3 is 20.1 Å². The molecule has 3 N–H and O–H groups in total. The molecule has 1 amide bonds. The number of amides is 1. The first kappa shape index (κ1) is 19.5. The number of rotatable bonds is 5. The summed E-state index contributed by atoms with van der Waals surface area (Å²) in [7, 11) is 0. The molecule has 2 heterocycles. The zero-order valence-corrected chi connectivity index (χ0v) is 15.7. The number of carbonyl (C=O) groups excluding carboxylic acids is 1. The minimum Gasteiger partial charge on any atom is -0.396 e. The van der Waals surface area contributed by atoms with Crippen molar-refractivity contribution in [3.63, 3.8) is 0 Å². The third-order valence-corrected chi connectivity index (χ3v) is 5.53. The molecule has 2 atom stereocenters. The highest BCUT2D eigenvalue weighted by Gasteiger charge is 2.42. The average Bonchev–Trinajstić information content (AvgIpc) is 3.05. The van der Waals surface area contributed by atoms with Gasteiger partial charge in [0.05, 0.1) is 12.7 Å². The predicted molar refractivity (Wildman–Crippen MR) is 99.7 cm³/mol. The van der Waals surface area contributed by atoms with Gasteiger partial charge in [0.25, 0.3) is 5.91 Å². The van der Waals surface area contributed by atoms with Crippen LogP contribution in [-0.4, -0.2) is 56.8 Å². The summed E-state index contributed by atoms with van der Waals surface area (Å²) in [6, 6.07) is 5.90. The number of aromatic nitrogens is 2. The maximum Gasteiger partial charge on any atom is 0.274 e. The van der Waals surface area contributed by atoms with Crippen LogP contribution in [0.3, 0.4) is 0 Å². The predicted octanol–water partition coefficient (Wildman–Crippen LogP) is 2.51. The van der Waals surface area contributed by atoms with Crippen LogP contribution in [-0.2, 0) is 0 Å². The Bertz CT molecular complexity index is 805. The molecule has 0 bridgehead atoms. The van der Waals surface area contributed by atoms with E-state index >= 15 is 0 Å². The molecule has 1 aromatic carbocycles. The molecule has 0 unspecified atom stereocenters. The number of aromatic amines is 1. The summed E-state index contributed by atoms with van der Waals surface area (Å²) in [6.07, 6.45) is 1.38. The largest absolute Gasteiger partial charge is 0.396 e. The number of H-pyrrole nitrogens is 1. The number of piperidine rings is 1. The van der Waals surface area contributed by atoms with Crippen LogP contribution in [0.5, 0.6) is 0 Å². The Morgan fingerprint density at radius 3 is 2.70 bits per heavy atom. The molecule has 1 aliphatic heterocycles. The fraction of sp³-hybridized carbons (Fsp3) is 0.500. The van der Waals surface area contributed by atoms with Crippen LogP contribution in [0.25, 0.3) is 11.4 Å². The van der Waals surface area contributed by atoms with Gasteiger partial charge in [-0.2, -0.15) is 0 Å². The first-order chi connectivity index (χ1) is 12.9. The quantitative estimate of drug-likeness (QED) is 0.749. The van der Waals surface area contributed by atoms with E-state index in [-0.39, 0.29) is 24.9 Å². The summed E-state index contributed by atoms with van der Waals surface area (Å²) in [5.74, 6) is -0.0802. The summed E-state index contributed by atoms with van der Waals surface area (Å²) in [5.41, 5.74) is 1.08. The summed E-state index contributed by atoms with van der Waals surface area (Å²) < 4.78 is 13.1. The average molecular weight is 375 g/mol. The SMILES string of the molecule is CCC[C@]1(CO)CCN(C(=O)c2nc(-c3ccc(F)cc3)[nH]c2C)C[C@H]1O. The van der Waals surface area contributed by atoms with E-state index in [0.29, 0.717) is 35.7 Å². The molecular formula is C20H26FN3O3. The van der Waals surface area contributed by atoms with Crippen LogP contribution in [0.15, 0.2) is 24.3 Å². The van der Waals surface area contributed by atoms with Crippen LogP contribution in [0.4, 0.5) is 4.39 Å². The van der Waals surface area contributed by atoms with Gasteiger partial charge in [-0.05, 0) is 44.0 Å². The molecule has 0 saturated carbocycles. The van der Waals surface area contributed by atoms with Crippen molar-refractivity contribution in [2.45, 2.75) is 39.2 Å². The van der Waals surface area contributed by atoms with Crippen molar-refractivity contribution in [3.05, 3.63) is 41.5 Å². The Labute approximate surface area is 158 Å². The number of β-amino-alcohol motifs (C(OH)–C–C–N with tert-alkyl or cyclic N) is 1. The second kappa shape index (κ2) is 7.78. The number of nitrogens with one attached hydrogen (secondary N) is 1. The second-order valence-corrected chi connectivity index (χ2v) is 7.35. The summed E-state index contributed by atoms with van der Waals surface area (Å²) in [6.45, 7) is 4.35. The lowest BCUT2D eigenvalue weighted by Crippen LogP contribution is -2.54. The van der Waals surface area contributed by atoms with E-state index < -0.39 is 11.5 Å². The summed E-state index contributed by atoms with van der Waals surface area (Å²) in [5, 5.41) is 20.3. The van der Waals surface area contributed by atoms with Crippen LogP contribution in [0, 0.1) is 18.2 Å². The maximum atomic E-state index is 13.1. The molecule has 1 saturated heterocycles. The van der Waals surface area contributed by atoms with Gasteiger partial charge in [-0.1, -0.05) is 13.3 Å². The van der Waals surface area contributed by atoms with Gasteiger partial charge in [-0.15, -0.1) is 0 Å². The van der Waals surface area contributed by atoms with Crippen molar-refractivity contribution >= 4 is 5.91 Å². The van der Waals surface area contributed by atoms with Gasteiger partial charge in [-0.25, -0.2) is 9.37 Å². The number of likely N-dealkylation sites (tertiary alicyclic amines) is 1. The smallest absolute Gasteiger partial charge is 0.274 e. The van der Waals surface area contributed by atoms with E-state index in [1.54, 1.807) is 24.0 Å². The second-order valence-electron chi connectivity index (χ2n) is 7.35. The summed E-state index contributed by atoms with van der Waals surface area (Å²) >= 11 is 0. The van der Waals surface area contributed by atoms with Gasteiger partial charge >= 0.3 is 0 Å². The highest BCUT2D eigenvalue weighted by molar-refractivity contribution is 5.94. The Morgan fingerprint density at radius 1 is 1.41 bits per heavy atom. The number of halogens is 1. The topological polar surface area (TPSA) is 89.5 Å². The third kappa shape index (κ3) is 3.75. The van der Waals surface area contributed by atoms with Gasteiger partial charge in [0.15, 0.2) is 0 Å². The number of hydrogen-bond donors (Lipinski definition) is 3. The number of benzene rings is 1. The van der Waals surface area contributed by atoms with E-state index in [0.717, 1.165) is 12.8 Å². The molecule has 7 heteroatoms. The zero-order chi connectivity index (χ0) is 19.6. The van der Waals surface area contributed by atoms with Crippen LogP contribution < -0.4 is 0 Å². The van der Waals surface area contributed by atoms with Gasteiger partial charge in [0.1, 0.15) is 17.3 Å². The lowest BCUT2D eigenvalue weighted by molar-refractivity contribution is -0.0714. The van der Waals surface area contributed by atoms with E-state index in [1.165, 1.54) is 12.1 Å². The Kier molecular flexibility index (Phi) is 5.62. The number of aliphatic hydroxyl groups is 2. The normalized spacial score (nSPS) is 22.9. The molecule has 0 spiro atoms. The van der Waals surface area contributed by atoms with Crippen molar-refractivity contribution in [2.24, 2.45) is 5.41 Å². The van der Waals surface area contributed by atoms with Crippen molar-refractivity contribution in [3.8, 4) is 11.4 Å². The molecule has 1 aliphatic rings. The van der Waals surface area contributed by atoms with Gasteiger partial charge in [0, 0.05) is 29.8 Å². The van der Waals surface area contributed by atoms with Crippen molar-refractivity contribution in [1.82, 2.24) is 14.9 Å². The first-order valence-corrected chi connectivity index (χ1v) is 9.31. The number of nitrogens with zero attached hydrogens (tertiary/aromatic N) is 2. The Balaban J connectivity index is 1.78. The first-order valence-electron chi connectivity index (χ1n) is 9.31. The molecular weight excluding hydrogens is 349 g/mol.